The average molecular weight is 296 g/mol. The molecule has 1 amide bonds. The first kappa shape index (κ1) is 17.0. The number of carbonyl (C=O) groups excluding carboxylic acids is 1. The average Bonchev–Trinajstić information content (AvgIpc) is 2.45. The molecule has 0 bridgehead atoms. The summed E-state index contributed by atoms with van der Waals surface area (Å²) in [7, 11) is 0. The first-order valence-electron chi connectivity index (χ1n) is 7.44. The first-order valence-corrected chi connectivity index (χ1v) is 7.87. The summed E-state index contributed by atoms with van der Waals surface area (Å²) in [5.41, 5.74) is 1.08. The van der Waals surface area contributed by atoms with E-state index >= 15 is 0 Å². The van der Waals surface area contributed by atoms with E-state index in [1.807, 2.05) is 30.3 Å². The Bertz CT molecular complexity index is 405. The molecule has 0 aliphatic heterocycles. The molecule has 0 heterocycles. The largest absolute Gasteiger partial charge is 0.354 e. The van der Waals surface area contributed by atoms with Crippen molar-refractivity contribution in [2.24, 2.45) is 11.8 Å². The molecule has 1 rings (SSSR count). The fraction of sp³-hybridized carbons (Fsp3) is 0.588. The van der Waals surface area contributed by atoms with E-state index in [1.54, 1.807) is 0 Å². The highest BCUT2D eigenvalue weighted by molar-refractivity contribution is 6.21. The van der Waals surface area contributed by atoms with E-state index in [0.717, 1.165) is 12.0 Å². The van der Waals surface area contributed by atoms with Crippen LogP contribution in [0.3, 0.4) is 0 Å². The molecule has 0 saturated heterocycles. The van der Waals surface area contributed by atoms with E-state index in [2.05, 4.69) is 33.0 Å². The quantitative estimate of drug-likeness (QED) is 0.751. The Morgan fingerprint density at radius 2 is 1.80 bits per heavy atom. The molecule has 112 valence electrons. The van der Waals surface area contributed by atoms with Crippen LogP contribution in [-0.4, -0.2) is 17.8 Å². The maximum absolute atomic E-state index is 12.5. The van der Waals surface area contributed by atoms with Crippen molar-refractivity contribution in [3.63, 3.8) is 0 Å². The van der Waals surface area contributed by atoms with Crippen molar-refractivity contribution in [2.75, 3.05) is 6.54 Å². The second kappa shape index (κ2) is 8.31. The maximum atomic E-state index is 12.5. The summed E-state index contributed by atoms with van der Waals surface area (Å²) in [5, 5.41) is 2.99. The summed E-state index contributed by atoms with van der Waals surface area (Å²) in [6.45, 7) is 8.89. The van der Waals surface area contributed by atoms with Crippen LogP contribution in [0.1, 0.15) is 45.6 Å². The number of amides is 1. The van der Waals surface area contributed by atoms with E-state index in [1.165, 1.54) is 0 Å². The van der Waals surface area contributed by atoms with Crippen LogP contribution in [0.5, 0.6) is 0 Å². The minimum atomic E-state index is -0.0998. The third kappa shape index (κ3) is 4.82. The summed E-state index contributed by atoms with van der Waals surface area (Å²) in [5.74, 6) is 0.648. The van der Waals surface area contributed by atoms with Gasteiger partial charge in [0.1, 0.15) is 0 Å². The first-order chi connectivity index (χ1) is 9.47. The van der Waals surface area contributed by atoms with Crippen molar-refractivity contribution in [2.45, 2.75) is 45.4 Å². The fourth-order valence-electron chi connectivity index (χ4n) is 2.18. The van der Waals surface area contributed by atoms with Crippen LogP contribution >= 0.6 is 11.6 Å². The van der Waals surface area contributed by atoms with Gasteiger partial charge in [0, 0.05) is 6.54 Å². The smallest absolute Gasteiger partial charge is 0.227 e. The van der Waals surface area contributed by atoms with Gasteiger partial charge in [-0.1, -0.05) is 64.4 Å². The number of carbonyl (C=O) groups is 1. The van der Waals surface area contributed by atoms with Crippen LogP contribution in [-0.2, 0) is 4.79 Å². The van der Waals surface area contributed by atoms with E-state index in [0.29, 0.717) is 18.4 Å². The minimum Gasteiger partial charge on any atom is -0.354 e. The van der Waals surface area contributed by atoms with Crippen LogP contribution < -0.4 is 5.32 Å². The van der Waals surface area contributed by atoms with E-state index in [9.17, 15) is 4.79 Å². The van der Waals surface area contributed by atoms with Crippen molar-refractivity contribution in [1.82, 2.24) is 5.32 Å². The molecule has 3 heteroatoms. The second-order valence-corrected chi connectivity index (χ2v) is 6.34. The van der Waals surface area contributed by atoms with Gasteiger partial charge in [-0.2, -0.15) is 0 Å². The molecule has 0 radical (unpaired) electrons. The molecular weight excluding hydrogens is 270 g/mol. The van der Waals surface area contributed by atoms with Gasteiger partial charge in [0.15, 0.2) is 0 Å². The molecule has 3 unspecified atom stereocenters. The Hall–Kier alpha value is -1.02. The predicted molar refractivity (Wildman–Crippen MR) is 86.1 cm³/mol. The molecule has 0 fully saturated rings. The lowest BCUT2D eigenvalue weighted by molar-refractivity contribution is -0.123. The van der Waals surface area contributed by atoms with Crippen molar-refractivity contribution >= 4 is 17.5 Å². The number of halogens is 1. The summed E-state index contributed by atoms with van der Waals surface area (Å²) >= 11 is 6.21. The summed E-state index contributed by atoms with van der Waals surface area (Å²) < 4.78 is 0. The van der Waals surface area contributed by atoms with Gasteiger partial charge in [0.05, 0.1) is 11.3 Å². The van der Waals surface area contributed by atoms with Crippen molar-refractivity contribution in [1.29, 1.82) is 0 Å². The number of hydrogen-bond acceptors (Lipinski definition) is 1. The molecule has 0 spiro atoms. The molecule has 0 aliphatic rings. The Labute approximate surface area is 127 Å². The van der Waals surface area contributed by atoms with E-state index < -0.39 is 0 Å². The Morgan fingerprint density at radius 3 is 2.30 bits per heavy atom. The van der Waals surface area contributed by atoms with Crippen molar-refractivity contribution in [3.05, 3.63) is 35.9 Å². The van der Waals surface area contributed by atoms with E-state index in [-0.39, 0.29) is 17.2 Å². The van der Waals surface area contributed by atoms with Gasteiger partial charge in [-0.3, -0.25) is 4.79 Å². The second-order valence-electron chi connectivity index (χ2n) is 5.78. The Kier molecular flexibility index (Phi) is 7.08. The molecule has 20 heavy (non-hydrogen) atoms. The van der Waals surface area contributed by atoms with Crippen LogP contribution in [0.15, 0.2) is 30.3 Å². The zero-order valence-electron chi connectivity index (χ0n) is 12.9. The number of rotatable bonds is 7. The minimum absolute atomic E-state index is 0.0210. The molecule has 0 aromatic heterocycles. The predicted octanol–water partition coefficient (Wildman–Crippen LogP) is 4.20. The van der Waals surface area contributed by atoms with Gasteiger partial charge in [0.25, 0.3) is 0 Å². The number of alkyl halides is 1. The lowest BCUT2D eigenvalue weighted by atomic mass is 9.85. The SMILES string of the molecule is CCC(C)C(C(=O)NCC(Cl)C(C)C)c1ccccc1. The highest BCUT2D eigenvalue weighted by Gasteiger charge is 2.26. The monoisotopic (exact) mass is 295 g/mol. The number of nitrogens with one attached hydrogen (secondary N) is 1. The highest BCUT2D eigenvalue weighted by Crippen LogP contribution is 2.27. The van der Waals surface area contributed by atoms with Crippen LogP contribution in [0.2, 0.25) is 0 Å². The zero-order chi connectivity index (χ0) is 15.1. The van der Waals surface area contributed by atoms with Crippen LogP contribution in [0.25, 0.3) is 0 Å². The van der Waals surface area contributed by atoms with Crippen molar-refractivity contribution < 1.29 is 4.79 Å². The molecule has 0 saturated carbocycles. The van der Waals surface area contributed by atoms with Gasteiger partial charge < -0.3 is 5.32 Å². The third-order valence-electron chi connectivity index (χ3n) is 3.85. The van der Waals surface area contributed by atoms with Gasteiger partial charge >= 0.3 is 0 Å². The molecule has 2 nitrogen and oxygen atoms in total. The van der Waals surface area contributed by atoms with E-state index in [4.69, 9.17) is 11.6 Å². The molecule has 0 aliphatic carbocycles. The topological polar surface area (TPSA) is 29.1 Å². The molecule has 1 aromatic rings. The van der Waals surface area contributed by atoms with Gasteiger partial charge in [-0.15, -0.1) is 11.6 Å². The highest BCUT2D eigenvalue weighted by atomic mass is 35.5. The third-order valence-corrected chi connectivity index (χ3v) is 4.51. The van der Waals surface area contributed by atoms with Crippen LogP contribution in [0, 0.1) is 11.8 Å². The summed E-state index contributed by atoms with van der Waals surface area (Å²) in [4.78, 5) is 12.5. The zero-order valence-corrected chi connectivity index (χ0v) is 13.7. The normalized spacial score (nSPS) is 15.7. The van der Waals surface area contributed by atoms with Crippen LogP contribution in [0.4, 0.5) is 0 Å². The van der Waals surface area contributed by atoms with Gasteiger partial charge in [-0.25, -0.2) is 0 Å². The number of hydrogen-bond donors (Lipinski definition) is 1. The molecule has 3 atom stereocenters. The standard InChI is InChI=1S/C17H26ClNO/c1-5-13(4)16(14-9-7-6-8-10-14)17(20)19-11-15(18)12(2)3/h6-10,12-13,15-16H,5,11H2,1-4H3,(H,19,20). The Morgan fingerprint density at radius 1 is 1.20 bits per heavy atom. The fourth-order valence-corrected chi connectivity index (χ4v) is 2.26. The molecule has 1 N–H and O–H groups in total. The summed E-state index contributed by atoms with van der Waals surface area (Å²) in [6, 6.07) is 9.99. The lowest BCUT2D eigenvalue weighted by Gasteiger charge is -2.24. The van der Waals surface area contributed by atoms with Gasteiger partial charge in [-0.05, 0) is 17.4 Å². The summed E-state index contributed by atoms with van der Waals surface area (Å²) in [6.07, 6.45) is 0.974. The van der Waals surface area contributed by atoms with Crippen molar-refractivity contribution in [3.8, 4) is 0 Å². The van der Waals surface area contributed by atoms with Gasteiger partial charge in [0.2, 0.25) is 5.91 Å². The molecular formula is C17H26ClNO. The lowest BCUT2D eigenvalue weighted by Crippen LogP contribution is -2.37. The number of benzene rings is 1. The molecule has 1 aromatic carbocycles. The Balaban J connectivity index is 2.77. The maximum Gasteiger partial charge on any atom is 0.227 e.